The third kappa shape index (κ3) is 3.55. The summed E-state index contributed by atoms with van der Waals surface area (Å²) in [5.74, 6) is 0.204. The van der Waals surface area contributed by atoms with E-state index in [1.54, 1.807) is 67.6 Å². The Labute approximate surface area is 167 Å². The first-order valence-electron chi connectivity index (χ1n) is 8.63. The standard InChI is InChI=1S/C23H15ClO4/c1-14-10-18(27-23(26)16-7-3-2-4-8-16)13-19-21(14)22(25)20(28-19)12-15-6-5-9-17(24)11-15/h2-13H,1H3/b20-12-. The molecule has 4 rings (SSSR count). The quantitative estimate of drug-likeness (QED) is 0.337. The molecule has 4 nitrogen and oxygen atoms in total. The fourth-order valence-electron chi connectivity index (χ4n) is 3.02. The normalized spacial score (nSPS) is 13.9. The maximum Gasteiger partial charge on any atom is 0.343 e. The van der Waals surface area contributed by atoms with E-state index in [9.17, 15) is 9.59 Å². The predicted molar refractivity (Wildman–Crippen MR) is 107 cm³/mol. The van der Waals surface area contributed by atoms with Crippen molar-refractivity contribution in [2.24, 2.45) is 0 Å². The van der Waals surface area contributed by atoms with Gasteiger partial charge >= 0.3 is 5.97 Å². The van der Waals surface area contributed by atoms with Crippen molar-refractivity contribution in [2.75, 3.05) is 0 Å². The molecule has 0 fully saturated rings. The van der Waals surface area contributed by atoms with Crippen molar-refractivity contribution in [3.05, 3.63) is 99.8 Å². The molecule has 0 atom stereocenters. The van der Waals surface area contributed by atoms with Gasteiger partial charge in [0.1, 0.15) is 11.5 Å². The van der Waals surface area contributed by atoms with Gasteiger partial charge in [0.2, 0.25) is 5.78 Å². The number of allylic oxidation sites excluding steroid dienone is 1. The van der Waals surface area contributed by atoms with Crippen LogP contribution >= 0.6 is 11.6 Å². The number of hydrogen-bond acceptors (Lipinski definition) is 4. The number of rotatable bonds is 3. The van der Waals surface area contributed by atoms with Crippen molar-refractivity contribution < 1.29 is 19.1 Å². The van der Waals surface area contributed by atoms with Crippen LogP contribution in [0.15, 0.2) is 72.5 Å². The Morgan fingerprint density at radius 1 is 1.04 bits per heavy atom. The smallest absolute Gasteiger partial charge is 0.343 e. The van der Waals surface area contributed by atoms with Gasteiger partial charge in [0.15, 0.2) is 5.76 Å². The summed E-state index contributed by atoms with van der Waals surface area (Å²) in [5, 5.41) is 0.573. The van der Waals surface area contributed by atoms with Crippen LogP contribution in [0.1, 0.15) is 31.8 Å². The van der Waals surface area contributed by atoms with Crippen molar-refractivity contribution in [2.45, 2.75) is 6.92 Å². The molecule has 1 aliphatic heterocycles. The third-order valence-corrected chi connectivity index (χ3v) is 4.55. The maximum absolute atomic E-state index is 12.7. The van der Waals surface area contributed by atoms with Gasteiger partial charge in [-0.15, -0.1) is 0 Å². The minimum atomic E-state index is -0.473. The molecule has 0 spiro atoms. The van der Waals surface area contributed by atoms with E-state index in [2.05, 4.69) is 0 Å². The Balaban J connectivity index is 1.62. The summed E-state index contributed by atoms with van der Waals surface area (Å²) in [6.07, 6.45) is 1.64. The Morgan fingerprint density at radius 3 is 2.57 bits per heavy atom. The van der Waals surface area contributed by atoms with Gasteiger partial charge in [0.25, 0.3) is 0 Å². The average Bonchev–Trinajstić information content (AvgIpc) is 2.98. The number of ether oxygens (including phenoxy) is 2. The highest BCUT2D eigenvalue weighted by molar-refractivity contribution is 6.30. The molecule has 0 bridgehead atoms. The van der Waals surface area contributed by atoms with Crippen LogP contribution in [-0.2, 0) is 0 Å². The predicted octanol–water partition coefficient (Wildman–Crippen LogP) is 5.48. The van der Waals surface area contributed by atoms with Crippen molar-refractivity contribution in [3.63, 3.8) is 0 Å². The molecule has 1 aliphatic rings. The van der Waals surface area contributed by atoms with E-state index in [-0.39, 0.29) is 11.5 Å². The zero-order chi connectivity index (χ0) is 19.7. The molecule has 5 heteroatoms. The first-order chi connectivity index (χ1) is 13.5. The lowest BCUT2D eigenvalue weighted by atomic mass is 10.0. The van der Waals surface area contributed by atoms with E-state index >= 15 is 0 Å². The van der Waals surface area contributed by atoms with Crippen LogP contribution in [0, 0.1) is 6.92 Å². The van der Waals surface area contributed by atoms with E-state index in [0.717, 1.165) is 5.56 Å². The van der Waals surface area contributed by atoms with E-state index in [4.69, 9.17) is 21.1 Å². The summed E-state index contributed by atoms with van der Waals surface area (Å²) in [7, 11) is 0. The van der Waals surface area contributed by atoms with Gasteiger partial charge in [0.05, 0.1) is 11.1 Å². The molecule has 0 unspecified atom stereocenters. The second-order valence-electron chi connectivity index (χ2n) is 6.36. The van der Waals surface area contributed by atoms with Crippen LogP contribution in [0.3, 0.4) is 0 Å². The number of aryl methyl sites for hydroxylation is 1. The summed E-state index contributed by atoms with van der Waals surface area (Å²) in [6, 6.07) is 19.0. The molecule has 28 heavy (non-hydrogen) atoms. The van der Waals surface area contributed by atoms with Gasteiger partial charge in [0, 0.05) is 11.1 Å². The van der Waals surface area contributed by atoms with Crippen LogP contribution < -0.4 is 9.47 Å². The fourth-order valence-corrected chi connectivity index (χ4v) is 3.22. The zero-order valence-electron chi connectivity index (χ0n) is 14.9. The molecule has 0 aromatic heterocycles. The Kier molecular flexibility index (Phi) is 4.72. The molecule has 1 heterocycles. The van der Waals surface area contributed by atoms with Gasteiger partial charge in [-0.25, -0.2) is 4.79 Å². The van der Waals surface area contributed by atoms with Crippen LogP contribution in [0.2, 0.25) is 5.02 Å². The summed E-state index contributed by atoms with van der Waals surface area (Å²) >= 11 is 6.00. The summed E-state index contributed by atoms with van der Waals surface area (Å²) in [5.41, 5.74) is 2.34. The van der Waals surface area contributed by atoms with E-state index < -0.39 is 5.97 Å². The lowest BCUT2D eigenvalue weighted by Gasteiger charge is -2.07. The molecule has 0 amide bonds. The molecule has 3 aromatic carbocycles. The van der Waals surface area contributed by atoms with Crippen LogP contribution in [0.25, 0.3) is 6.08 Å². The Morgan fingerprint density at radius 2 is 1.82 bits per heavy atom. The lowest BCUT2D eigenvalue weighted by Crippen LogP contribution is -2.08. The number of ketones is 1. The van der Waals surface area contributed by atoms with Gasteiger partial charge in [-0.1, -0.05) is 41.9 Å². The number of esters is 1. The molecule has 0 saturated heterocycles. The highest BCUT2D eigenvalue weighted by Gasteiger charge is 2.30. The van der Waals surface area contributed by atoms with Crippen LogP contribution in [-0.4, -0.2) is 11.8 Å². The number of Topliss-reactive ketones (excluding diaryl/α,β-unsaturated/α-hetero) is 1. The summed E-state index contributed by atoms with van der Waals surface area (Å²) < 4.78 is 11.2. The SMILES string of the molecule is Cc1cc(OC(=O)c2ccccc2)cc2c1C(=O)/C(=C/c1cccc(Cl)c1)O2. The van der Waals surface area contributed by atoms with Gasteiger partial charge in [-0.05, 0) is 54.5 Å². The van der Waals surface area contributed by atoms with Crippen molar-refractivity contribution in [1.82, 2.24) is 0 Å². The van der Waals surface area contributed by atoms with Gasteiger partial charge in [-0.3, -0.25) is 4.79 Å². The highest BCUT2D eigenvalue weighted by Crippen LogP contribution is 2.37. The van der Waals surface area contributed by atoms with E-state index in [0.29, 0.717) is 33.2 Å². The highest BCUT2D eigenvalue weighted by atomic mass is 35.5. The molecule has 0 N–H and O–H groups in total. The second-order valence-corrected chi connectivity index (χ2v) is 6.80. The molecule has 0 saturated carbocycles. The Bertz CT molecular complexity index is 1120. The molecule has 0 aliphatic carbocycles. The number of carbonyl (C=O) groups is 2. The monoisotopic (exact) mass is 390 g/mol. The number of fused-ring (bicyclic) bond motifs is 1. The first-order valence-corrected chi connectivity index (χ1v) is 9.01. The zero-order valence-corrected chi connectivity index (χ0v) is 15.7. The molecular formula is C23H15ClO4. The first kappa shape index (κ1) is 18.0. The van der Waals surface area contributed by atoms with Gasteiger partial charge < -0.3 is 9.47 Å². The van der Waals surface area contributed by atoms with E-state index in [1.807, 2.05) is 12.1 Å². The average molecular weight is 391 g/mol. The van der Waals surface area contributed by atoms with Crippen LogP contribution in [0.5, 0.6) is 11.5 Å². The van der Waals surface area contributed by atoms with Gasteiger partial charge in [-0.2, -0.15) is 0 Å². The topological polar surface area (TPSA) is 52.6 Å². The minimum absolute atomic E-state index is 0.201. The Hall–Kier alpha value is -3.37. The molecule has 0 radical (unpaired) electrons. The largest absolute Gasteiger partial charge is 0.452 e. The minimum Gasteiger partial charge on any atom is -0.452 e. The van der Waals surface area contributed by atoms with Crippen molar-refractivity contribution in [3.8, 4) is 11.5 Å². The second kappa shape index (κ2) is 7.33. The number of halogens is 1. The molecule has 138 valence electrons. The van der Waals surface area contributed by atoms with E-state index in [1.165, 1.54) is 0 Å². The number of carbonyl (C=O) groups excluding carboxylic acids is 2. The summed E-state index contributed by atoms with van der Waals surface area (Å²) in [4.78, 5) is 25.0. The maximum atomic E-state index is 12.7. The third-order valence-electron chi connectivity index (χ3n) is 4.31. The fraction of sp³-hybridized carbons (Fsp3) is 0.0435. The lowest BCUT2D eigenvalue weighted by molar-refractivity contribution is 0.0734. The molecular weight excluding hydrogens is 376 g/mol. The number of benzene rings is 3. The van der Waals surface area contributed by atoms with Crippen molar-refractivity contribution >= 4 is 29.4 Å². The number of hydrogen-bond donors (Lipinski definition) is 0. The van der Waals surface area contributed by atoms with Crippen LogP contribution in [0.4, 0.5) is 0 Å². The summed E-state index contributed by atoms with van der Waals surface area (Å²) in [6.45, 7) is 1.78. The molecule has 3 aromatic rings. The van der Waals surface area contributed by atoms with Crippen molar-refractivity contribution in [1.29, 1.82) is 0 Å².